The topological polar surface area (TPSA) is 164 Å². The number of aliphatic hydroxyl groups is 1. The molecule has 6 N–H and O–H groups in total. The Morgan fingerprint density at radius 3 is 2.00 bits per heavy atom. The van der Waals surface area contributed by atoms with Gasteiger partial charge in [0.25, 0.3) is 5.08 Å². The molecule has 0 heterocycles. The summed E-state index contributed by atoms with van der Waals surface area (Å²) in [5.41, 5.74) is 0. The zero-order valence-electron chi connectivity index (χ0n) is 9.26. The number of rotatable bonds is 7. The van der Waals surface area contributed by atoms with Crippen molar-refractivity contribution in [1.82, 2.24) is 5.32 Å². The van der Waals surface area contributed by atoms with Crippen molar-refractivity contribution < 1.29 is 38.6 Å². The first-order chi connectivity index (χ1) is 7.95. The molecule has 9 nitrogen and oxygen atoms in total. The Morgan fingerprint density at radius 2 is 1.67 bits per heavy atom. The SMILES string of the molecule is C=CC(=O)NCCCC(O)(P(=O)(O)O)P(=O)(O)O. The third-order valence-corrected chi connectivity index (χ3v) is 5.98. The van der Waals surface area contributed by atoms with E-state index in [0.29, 0.717) is 0 Å². The van der Waals surface area contributed by atoms with Crippen molar-refractivity contribution in [1.29, 1.82) is 0 Å². The van der Waals surface area contributed by atoms with E-state index in [1.165, 1.54) is 0 Å². The molecular formula is C7H15NO8P2. The number of carbonyl (C=O) groups excluding carboxylic acids is 1. The van der Waals surface area contributed by atoms with Crippen molar-refractivity contribution in [3.05, 3.63) is 12.7 Å². The quantitative estimate of drug-likeness (QED) is 0.199. The van der Waals surface area contributed by atoms with Gasteiger partial charge in [-0.25, -0.2) is 0 Å². The smallest absolute Gasteiger partial charge is 0.368 e. The van der Waals surface area contributed by atoms with Crippen LogP contribution in [0, 0.1) is 0 Å². The fraction of sp³-hybridized carbons (Fsp3) is 0.571. The van der Waals surface area contributed by atoms with E-state index in [9.17, 15) is 19.0 Å². The zero-order valence-corrected chi connectivity index (χ0v) is 11.0. The van der Waals surface area contributed by atoms with Gasteiger partial charge in [-0.1, -0.05) is 6.58 Å². The van der Waals surface area contributed by atoms with Crippen LogP contribution in [0.5, 0.6) is 0 Å². The van der Waals surface area contributed by atoms with Gasteiger partial charge >= 0.3 is 15.2 Å². The fourth-order valence-electron chi connectivity index (χ4n) is 1.07. The van der Waals surface area contributed by atoms with Gasteiger partial charge in [0.1, 0.15) is 0 Å². The maximum absolute atomic E-state index is 10.9. The van der Waals surface area contributed by atoms with Crippen molar-refractivity contribution >= 4 is 21.1 Å². The first kappa shape index (κ1) is 17.5. The zero-order chi connectivity index (χ0) is 14.6. The first-order valence-corrected chi connectivity index (χ1v) is 7.92. The van der Waals surface area contributed by atoms with Gasteiger partial charge in [-0.15, -0.1) is 0 Å². The Kier molecular flexibility index (Phi) is 5.90. The Balaban J connectivity index is 4.67. The molecule has 0 aliphatic heterocycles. The Hall–Kier alpha value is -0.530. The lowest BCUT2D eigenvalue weighted by molar-refractivity contribution is -0.116. The van der Waals surface area contributed by atoms with Gasteiger partial charge < -0.3 is 30.0 Å². The van der Waals surface area contributed by atoms with Gasteiger partial charge in [-0.3, -0.25) is 13.9 Å². The van der Waals surface area contributed by atoms with E-state index in [4.69, 9.17) is 19.6 Å². The number of carbonyl (C=O) groups is 1. The predicted molar refractivity (Wildman–Crippen MR) is 61.5 cm³/mol. The minimum Gasteiger partial charge on any atom is -0.368 e. The van der Waals surface area contributed by atoms with Crippen LogP contribution >= 0.6 is 15.2 Å². The molecule has 1 amide bonds. The molecule has 0 rings (SSSR count). The lowest BCUT2D eigenvalue weighted by atomic mass is 10.3. The molecule has 0 atom stereocenters. The van der Waals surface area contributed by atoms with Crippen LogP contribution in [0.15, 0.2) is 12.7 Å². The van der Waals surface area contributed by atoms with Crippen LogP contribution < -0.4 is 5.32 Å². The van der Waals surface area contributed by atoms with E-state index in [0.717, 1.165) is 6.08 Å². The van der Waals surface area contributed by atoms with Crippen molar-refractivity contribution in [3.8, 4) is 0 Å². The maximum atomic E-state index is 10.9. The third kappa shape index (κ3) is 4.29. The van der Waals surface area contributed by atoms with Gasteiger partial charge in [0.15, 0.2) is 0 Å². The summed E-state index contributed by atoms with van der Waals surface area (Å²) in [7, 11) is -10.8. The van der Waals surface area contributed by atoms with Gasteiger partial charge in [-0.05, 0) is 12.5 Å². The molecule has 18 heavy (non-hydrogen) atoms. The van der Waals surface area contributed by atoms with Crippen LogP contribution in [0.25, 0.3) is 0 Å². The molecule has 106 valence electrons. The van der Waals surface area contributed by atoms with Crippen molar-refractivity contribution in [2.24, 2.45) is 0 Å². The Bertz CT molecular complexity index is 388. The largest absolute Gasteiger partial charge is 0.369 e. The summed E-state index contributed by atoms with van der Waals surface area (Å²) in [6, 6.07) is 0. The number of hydrogen-bond acceptors (Lipinski definition) is 4. The molecule has 0 aliphatic rings. The molecule has 0 unspecified atom stereocenters. The van der Waals surface area contributed by atoms with Crippen molar-refractivity contribution in [3.63, 3.8) is 0 Å². The van der Waals surface area contributed by atoms with Crippen molar-refractivity contribution in [2.45, 2.75) is 17.9 Å². The van der Waals surface area contributed by atoms with Gasteiger partial charge in [0.05, 0.1) is 0 Å². The molecule has 0 radical (unpaired) electrons. The Morgan fingerprint density at radius 1 is 1.22 bits per heavy atom. The molecule has 0 aromatic rings. The summed E-state index contributed by atoms with van der Waals surface area (Å²) in [6.45, 7) is 3.04. The molecule has 0 spiro atoms. The second kappa shape index (κ2) is 6.08. The number of nitrogens with one attached hydrogen (secondary N) is 1. The number of amides is 1. The van der Waals surface area contributed by atoms with Crippen LogP contribution in [-0.4, -0.2) is 42.2 Å². The number of hydrogen-bond donors (Lipinski definition) is 6. The van der Waals surface area contributed by atoms with E-state index in [-0.39, 0.29) is 13.0 Å². The molecule has 0 aromatic heterocycles. The van der Waals surface area contributed by atoms with Crippen molar-refractivity contribution in [2.75, 3.05) is 6.54 Å². The van der Waals surface area contributed by atoms with E-state index < -0.39 is 32.6 Å². The summed E-state index contributed by atoms with van der Waals surface area (Å²) in [5.74, 6) is -0.550. The summed E-state index contributed by atoms with van der Waals surface area (Å²) in [5, 5.41) is 8.25. The summed E-state index contributed by atoms with van der Waals surface area (Å²) in [6.07, 6.45) is -0.135. The highest BCUT2D eigenvalue weighted by atomic mass is 31.2. The average molecular weight is 303 g/mol. The van der Waals surface area contributed by atoms with Crippen LogP contribution in [0.4, 0.5) is 0 Å². The van der Waals surface area contributed by atoms with E-state index >= 15 is 0 Å². The van der Waals surface area contributed by atoms with Crippen LogP contribution in [0.3, 0.4) is 0 Å². The highest BCUT2D eigenvalue weighted by Gasteiger charge is 2.58. The highest BCUT2D eigenvalue weighted by molar-refractivity contribution is 7.72. The Labute approximate surface area is 103 Å². The van der Waals surface area contributed by atoms with Gasteiger partial charge in [0.2, 0.25) is 5.91 Å². The standard InChI is InChI=1S/C7H15NO8P2/c1-2-6(9)8-5-3-4-7(10,17(11,12)13)18(14,15)16/h2,10H,1,3-5H2,(H,8,9)(H2,11,12,13)(H2,14,15,16). The van der Waals surface area contributed by atoms with Crippen LogP contribution in [-0.2, 0) is 13.9 Å². The highest BCUT2D eigenvalue weighted by Crippen LogP contribution is 2.69. The summed E-state index contributed by atoms with van der Waals surface area (Å²) < 4.78 is 21.9. The first-order valence-electron chi connectivity index (χ1n) is 4.69. The lowest BCUT2D eigenvalue weighted by Gasteiger charge is -2.29. The summed E-state index contributed by atoms with van der Waals surface area (Å²) >= 11 is 0. The fourth-order valence-corrected chi connectivity index (χ4v) is 3.33. The molecule has 0 saturated heterocycles. The van der Waals surface area contributed by atoms with Gasteiger partial charge in [0, 0.05) is 13.0 Å². The average Bonchev–Trinajstić information content (AvgIpc) is 2.20. The molecule has 0 bridgehead atoms. The van der Waals surface area contributed by atoms with E-state index in [1.54, 1.807) is 0 Å². The molecule has 0 aliphatic carbocycles. The van der Waals surface area contributed by atoms with Crippen LogP contribution in [0.1, 0.15) is 12.8 Å². The molecule has 0 aromatic carbocycles. The monoisotopic (exact) mass is 303 g/mol. The van der Waals surface area contributed by atoms with E-state index in [1.807, 2.05) is 0 Å². The van der Waals surface area contributed by atoms with E-state index in [2.05, 4.69) is 11.9 Å². The maximum Gasteiger partial charge on any atom is 0.369 e. The second-order valence-corrected chi connectivity index (χ2v) is 7.47. The molecule has 0 fully saturated rings. The molecule has 0 saturated carbocycles. The predicted octanol–water partition coefficient (Wildman–Crippen LogP) is -0.930. The van der Waals surface area contributed by atoms with Gasteiger partial charge in [-0.2, -0.15) is 0 Å². The minimum atomic E-state index is -5.42. The summed E-state index contributed by atoms with van der Waals surface area (Å²) in [4.78, 5) is 45.9. The molecular weight excluding hydrogens is 288 g/mol. The second-order valence-electron chi connectivity index (χ2n) is 3.46. The normalized spacial score (nSPS) is 13.2. The molecule has 11 heteroatoms. The lowest BCUT2D eigenvalue weighted by Crippen LogP contribution is -2.31. The third-order valence-electron chi connectivity index (χ3n) is 2.11. The minimum absolute atomic E-state index is 0.118. The van der Waals surface area contributed by atoms with Crippen LogP contribution in [0.2, 0.25) is 0 Å².